The lowest BCUT2D eigenvalue weighted by Crippen LogP contribution is -2.29. The number of thiazole rings is 1. The van der Waals surface area contributed by atoms with Gasteiger partial charge in [-0.2, -0.15) is 0 Å². The molecule has 1 unspecified atom stereocenters. The highest BCUT2D eigenvalue weighted by molar-refractivity contribution is 9.10. The molecule has 2 aromatic carbocycles. The highest BCUT2D eigenvalue weighted by Crippen LogP contribution is 2.43. The van der Waals surface area contributed by atoms with E-state index in [0.717, 1.165) is 28.7 Å². The molecule has 0 saturated heterocycles. The molecule has 8 nitrogen and oxygen atoms in total. The Labute approximate surface area is 231 Å². The molecule has 0 fully saturated rings. The highest BCUT2D eigenvalue weighted by atomic mass is 79.9. The minimum atomic E-state index is -0.803. The van der Waals surface area contributed by atoms with Crippen LogP contribution in [0, 0.1) is 6.92 Å². The molecular formula is C28H25BrN2O6S. The van der Waals surface area contributed by atoms with Crippen LogP contribution in [-0.2, 0) is 4.74 Å². The number of nitrogens with zero attached hydrogens (tertiary/aromatic N) is 2. The van der Waals surface area contributed by atoms with Crippen molar-refractivity contribution in [2.45, 2.75) is 39.7 Å². The SMILES string of the molecule is CCCCOc1ccc(C2c3c(oc4ccc(Br)cc4c3=O)C(=O)N2c2nc(C)c(C(=O)OCC)s2)cc1. The Morgan fingerprint density at radius 3 is 2.63 bits per heavy atom. The van der Waals surface area contributed by atoms with Gasteiger partial charge in [0, 0.05) is 4.47 Å². The van der Waals surface area contributed by atoms with Crippen molar-refractivity contribution in [2.24, 2.45) is 0 Å². The van der Waals surface area contributed by atoms with Crippen molar-refractivity contribution in [1.82, 2.24) is 4.98 Å². The van der Waals surface area contributed by atoms with Crippen LogP contribution >= 0.6 is 27.3 Å². The molecule has 196 valence electrons. The molecule has 1 atom stereocenters. The topological polar surface area (TPSA) is 98.9 Å². The first-order valence-electron chi connectivity index (χ1n) is 12.3. The standard InChI is InChI=1S/C28H25BrN2O6S/c1-4-6-13-36-18-10-7-16(8-11-18)22-21-23(32)19-14-17(29)9-12-20(19)37-24(21)26(33)31(22)28-30-15(3)25(38-28)27(34)35-5-2/h7-12,14,22H,4-6,13H2,1-3H3. The summed E-state index contributed by atoms with van der Waals surface area (Å²) in [6, 6.07) is 11.6. The zero-order valence-electron chi connectivity index (χ0n) is 21.1. The minimum absolute atomic E-state index is 0.0383. The van der Waals surface area contributed by atoms with E-state index in [2.05, 4.69) is 27.8 Å². The van der Waals surface area contributed by atoms with E-state index in [0.29, 0.717) is 39.5 Å². The van der Waals surface area contributed by atoms with Crippen LogP contribution in [0.4, 0.5) is 5.13 Å². The Morgan fingerprint density at radius 2 is 1.92 bits per heavy atom. The molecule has 10 heteroatoms. The smallest absolute Gasteiger partial charge is 0.350 e. The molecule has 0 aliphatic carbocycles. The fourth-order valence-corrected chi connectivity index (χ4v) is 5.76. The molecule has 1 amide bonds. The molecule has 2 aromatic heterocycles. The third kappa shape index (κ3) is 4.63. The second kappa shape index (κ2) is 10.7. The van der Waals surface area contributed by atoms with Crippen molar-refractivity contribution in [3.63, 3.8) is 0 Å². The van der Waals surface area contributed by atoms with E-state index >= 15 is 0 Å². The van der Waals surface area contributed by atoms with Crippen LogP contribution < -0.4 is 15.1 Å². The number of ether oxygens (including phenoxy) is 2. The molecule has 38 heavy (non-hydrogen) atoms. The number of aryl methyl sites for hydroxylation is 1. The van der Waals surface area contributed by atoms with Crippen molar-refractivity contribution >= 4 is 55.2 Å². The molecule has 3 heterocycles. The first-order chi connectivity index (χ1) is 18.3. The Hall–Kier alpha value is -3.50. The maximum absolute atomic E-state index is 13.8. The van der Waals surface area contributed by atoms with E-state index in [1.807, 2.05) is 24.3 Å². The molecule has 0 bridgehead atoms. The van der Waals surface area contributed by atoms with E-state index in [9.17, 15) is 14.4 Å². The number of hydrogen-bond donors (Lipinski definition) is 0. The van der Waals surface area contributed by atoms with Gasteiger partial charge < -0.3 is 13.9 Å². The number of amides is 1. The van der Waals surface area contributed by atoms with Crippen molar-refractivity contribution in [2.75, 3.05) is 18.1 Å². The lowest BCUT2D eigenvalue weighted by molar-refractivity contribution is 0.0531. The normalized spacial score (nSPS) is 14.7. The van der Waals surface area contributed by atoms with Gasteiger partial charge in [-0.3, -0.25) is 14.5 Å². The summed E-state index contributed by atoms with van der Waals surface area (Å²) in [5.74, 6) is -0.349. The summed E-state index contributed by atoms with van der Waals surface area (Å²) in [6.45, 7) is 6.33. The Morgan fingerprint density at radius 1 is 1.16 bits per heavy atom. The number of rotatable bonds is 8. The van der Waals surface area contributed by atoms with E-state index < -0.39 is 17.9 Å². The lowest BCUT2D eigenvalue weighted by atomic mass is 9.98. The summed E-state index contributed by atoms with van der Waals surface area (Å²) in [5.41, 5.74) is 1.37. The second-order valence-electron chi connectivity index (χ2n) is 8.79. The van der Waals surface area contributed by atoms with Gasteiger partial charge in [0.25, 0.3) is 5.91 Å². The molecular weight excluding hydrogens is 572 g/mol. The van der Waals surface area contributed by atoms with Gasteiger partial charge in [0.1, 0.15) is 16.2 Å². The van der Waals surface area contributed by atoms with Crippen LogP contribution in [0.25, 0.3) is 11.0 Å². The monoisotopic (exact) mass is 596 g/mol. The molecule has 0 spiro atoms. The number of carbonyl (C=O) groups excluding carboxylic acids is 2. The number of esters is 1. The van der Waals surface area contributed by atoms with Crippen LogP contribution in [0.15, 0.2) is 56.1 Å². The highest BCUT2D eigenvalue weighted by Gasteiger charge is 2.45. The van der Waals surface area contributed by atoms with E-state index in [1.165, 1.54) is 4.90 Å². The zero-order chi connectivity index (χ0) is 27.0. The molecule has 0 radical (unpaired) electrons. The summed E-state index contributed by atoms with van der Waals surface area (Å²) < 4.78 is 17.7. The number of carbonyl (C=O) groups is 2. The number of benzene rings is 2. The van der Waals surface area contributed by atoms with Crippen molar-refractivity contribution < 1.29 is 23.5 Å². The summed E-state index contributed by atoms with van der Waals surface area (Å²) in [5, 5.41) is 0.639. The number of hydrogen-bond acceptors (Lipinski definition) is 8. The summed E-state index contributed by atoms with van der Waals surface area (Å²) in [7, 11) is 0. The van der Waals surface area contributed by atoms with E-state index in [1.54, 1.807) is 32.0 Å². The van der Waals surface area contributed by atoms with Crippen LogP contribution in [0.5, 0.6) is 5.75 Å². The summed E-state index contributed by atoms with van der Waals surface area (Å²) >= 11 is 4.46. The number of aromatic nitrogens is 1. The van der Waals surface area contributed by atoms with Gasteiger partial charge in [-0.1, -0.05) is 52.7 Å². The van der Waals surface area contributed by atoms with Crippen LogP contribution in [0.1, 0.15) is 69.8 Å². The van der Waals surface area contributed by atoms with Crippen molar-refractivity contribution in [1.29, 1.82) is 0 Å². The summed E-state index contributed by atoms with van der Waals surface area (Å²) in [6.07, 6.45) is 1.96. The fraction of sp³-hybridized carbons (Fsp3) is 0.286. The number of unbranched alkanes of at least 4 members (excludes halogenated alkanes) is 1. The largest absolute Gasteiger partial charge is 0.494 e. The maximum Gasteiger partial charge on any atom is 0.350 e. The molecule has 0 N–H and O–H groups in total. The van der Waals surface area contributed by atoms with Crippen LogP contribution in [-0.4, -0.2) is 30.1 Å². The molecule has 4 aromatic rings. The van der Waals surface area contributed by atoms with Crippen LogP contribution in [0.3, 0.4) is 0 Å². The average molecular weight is 597 g/mol. The Bertz CT molecular complexity index is 1590. The quantitative estimate of drug-likeness (QED) is 0.171. The molecule has 0 saturated carbocycles. The third-order valence-corrected chi connectivity index (χ3v) is 7.88. The summed E-state index contributed by atoms with van der Waals surface area (Å²) in [4.78, 5) is 46.4. The molecule has 1 aliphatic heterocycles. The van der Waals surface area contributed by atoms with Gasteiger partial charge in [-0.25, -0.2) is 9.78 Å². The number of anilines is 1. The van der Waals surface area contributed by atoms with Gasteiger partial charge in [0.15, 0.2) is 10.6 Å². The first kappa shape index (κ1) is 26.1. The zero-order valence-corrected chi connectivity index (χ0v) is 23.5. The number of fused-ring (bicyclic) bond motifs is 2. The number of halogens is 1. The Balaban J connectivity index is 1.66. The fourth-order valence-electron chi connectivity index (χ4n) is 4.41. The van der Waals surface area contributed by atoms with E-state index in [4.69, 9.17) is 13.9 Å². The van der Waals surface area contributed by atoms with Gasteiger partial charge in [-0.15, -0.1) is 0 Å². The Kier molecular flexibility index (Phi) is 7.36. The predicted molar refractivity (Wildman–Crippen MR) is 148 cm³/mol. The molecule has 5 rings (SSSR count). The second-order valence-corrected chi connectivity index (χ2v) is 10.7. The van der Waals surface area contributed by atoms with Gasteiger partial charge >= 0.3 is 5.97 Å². The molecule has 1 aliphatic rings. The maximum atomic E-state index is 13.8. The predicted octanol–water partition coefficient (Wildman–Crippen LogP) is 6.43. The van der Waals surface area contributed by atoms with Crippen molar-refractivity contribution in [3.05, 3.63) is 84.6 Å². The third-order valence-electron chi connectivity index (χ3n) is 6.25. The van der Waals surface area contributed by atoms with Gasteiger partial charge in [0.2, 0.25) is 5.76 Å². The average Bonchev–Trinajstić information content (AvgIpc) is 3.42. The minimum Gasteiger partial charge on any atom is -0.494 e. The van der Waals surface area contributed by atoms with Gasteiger partial charge in [-0.05, 0) is 56.2 Å². The van der Waals surface area contributed by atoms with E-state index in [-0.39, 0.29) is 28.5 Å². The first-order valence-corrected chi connectivity index (χ1v) is 13.9. The van der Waals surface area contributed by atoms with Crippen molar-refractivity contribution in [3.8, 4) is 5.75 Å². The van der Waals surface area contributed by atoms with Crippen LogP contribution in [0.2, 0.25) is 0 Å². The van der Waals surface area contributed by atoms with Gasteiger partial charge in [0.05, 0.1) is 35.9 Å². The lowest BCUT2D eigenvalue weighted by Gasteiger charge is -2.22.